The van der Waals surface area contributed by atoms with Crippen molar-refractivity contribution in [2.24, 2.45) is 5.92 Å². The van der Waals surface area contributed by atoms with E-state index in [0.29, 0.717) is 30.0 Å². The first kappa shape index (κ1) is 25.5. The third-order valence-corrected chi connectivity index (χ3v) is 5.86. The second kappa shape index (κ2) is 12.4. The Hall–Kier alpha value is -4.13. The van der Waals surface area contributed by atoms with Gasteiger partial charge in [-0.3, -0.25) is 14.4 Å². The summed E-state index contributed by atoms with van der Waals surface area (Å²) < 4.78 is 5.13. The zero-order valence-corrected chi connectivity index (χ0v) is 20.2. The van der Waals surface area contributed by atoms with Gasteiger partial charge in [0.15, 0.2) is 0 Å². The van der Waals surface area contributed by atoms with Crippen LogP contribution in [0.3, 0.4) is 0 Å². The van der Waals surface area contributed by atoms with Gasteiger partial charge in [0.2, 0.25) is 5.91 Å². The molecule has 3 rings (SSSR count). The molecule has 0 saturated heterocycles. The largest absolute Gasteiger partial charge is 0.497 e. The molecule has 0 spiro atoms. The average Bonchev–Trinajstić information content (AvgIpc) is 2.90. The molecule has 0 fully saturated rings. The fourth-order valence-corrected chi connectivity index (χ4v) is 3.54. The molecule has 3 amide bonds. The molecule has 0 unspecified atom stereocenters. The molecule has 0 saturated carbocycles. The lowest BCUT2D eigenvalue weighted by atomic mass is 9.97. The van der Waals surface area contributed by atoms with Crippen molar-refractivity contribution >= 4 is 23.4 Å². The van der Waals surface area contributed by atoms with Crippen LogP contribution in [0.5, 0.6) is 5.75 Å². The van der Waals surface area contributed by atoms with Gasteiger partial charge in [0, 0.05) is 12.1 Å². The molecular formula is C28H31N3O4. The second-order valence-electron chi connectivity index (χ2n) is 8.27. The molecule has 0 radical (unpaired) electrons. The van der Waals surface area contributed by atoms with E-state index in [1.807, 2.05) is 44.2 Å². The summed E-state index contributed by atoms with van der Waals surface area (Å²) in [6.07, 6.45) is 0.708. The van der Waals surface area contributed by atoms with Crippen LogP contribution in [0.15, 0.2) is 78.9 Å². The number of carbonyl (C=O) groups excluding carboxylic acids is 3. The zero-order chi connectivity index (χ0) is 25.2. The van der Waals surface area contributed by atoms with Crippen LogP contribution in [0.2, 0.25) is 0 Å². The predicted molar refractivity (Wildman–Crippen MR) is 136 cm³/mol. The number of amides is 3. The Morgan fingerprint density at radius 1 is 0.857 bits per heavy atom. The number of methoxy groups -OCH3 is 1. The van der Waals surface area contributed by atoms with Crippen molar-refractivity contribution in [2.45, 2.75) is 32.9 Å². The van der Waals surface area contributed by atoms with Crippen molar-refractivity contribution in [1.82, 2.24) is 10.6 Å². The van der Waals surface area contributed by atoms with Crippen LogP contribution in [-0.2, 0) is 11.3 Å². The van der Waals surface area contributed by atoms with Gasteiger partial charge in [0.05, 0.1) is 18.4 Å². The van der Waals surface area contributed by atoms with E-state index in [4.69, 9.17) is 4.74 Å². The van der Waals surface area contributed by atoms with Crippen LogP contribution in [-0.4, -0.2) is 30.9 Å². The van der Waals surface area contributed by atoms with Gasteiger partial charge in [0.1, 0.15) is 11.8 Å². The van der Waals surface area contributed by atoms with Crippen LogP contribution in [0.4, 0.5) is 5.69 Å². The summed E-state index contributed by atoms with van der Waals surface area (Å²) in [6, 6.07) is 22.3. The van der Waals surface area contributed by atoms with Crippen molar-refractivity contribution in [3.8, 4) is 5.75 Å². The van der Waals surface area contributed by atoms with E-state index in [0.717, 1.165) is 5.56 Å². The van der Waals surface area contributed by atoms with E-state index in [2.05, 4.69) is 16.0 Å². The predicted octanol–water partition coefficient (Wildman–Crippen LogP) is 4.41. The van der Waals surface area contributed by atoms with Gasteiger partial charge in [0.25, 0.3) is 11.8 Å². The Bertz CT molecular complexity index is 1150. The van der Waals surface area contributed by atoms with E-state index in [-0.39, 0.29) is 23.3 Å². The quantitative estimate of drug-likeness (QED) is 0.406. The molecule has 0 aliphatic carbocycles. The van der Waals surface area contributed by atoms with Crippen LogP contribution in [0.1, 0.15) is 46.5 Å². The van der Waals surface area contributed by atoms with E-state index in [9.17, 15) is 14.4 Å². The van der Waals surface area contributed by atoms with Crippen LogP contribution < -0.4 is 20.7 Å². The van der Waals surface area contributed by atoms with Crippen molar-refractivity contribution in [3.63, 3.8) is 0 Å². The molecule has 0 aliphatic rings. The molecule has 0 aliphatic heterocycles. The van der Waals surface area contributed by atoms with Gasteiger partial charge < -0.3 is 20.7 Å². The number of ether oxygens (including phenoxy) is 1. The monoisotopic (exact) mass is 473 g/mol. The van der Waals surface area contributed by atoms with E-state index < -0.39 is 11.9 Å². The lowest BCUT2D eigenvalue weighted by molar-refractivity contribution is -0.124. The van der Waals surface area contributed by atoms with Gasteiger partial charge in [-0.1, -0.05) is 62.7 Å². The van der Waals surface area contributed by atoms with Crippen molar-refractivity contribution < 1.29 is 19.1 Å². The maximum atomic E-state index is 13.2. The van der Waals surface area contributed by atoms with Crippen molar-refractivity contribution in [3.05, 3.63) is 95.6 Å². The highest BCUT2D eigenvalue weighted by Crippen LogP contribution is 2.19. The van der Waals surface area contributed by atoms with Gasteiger partial charge in [-0.25, -0.2) is 0 Å². The maximum Gasteiger partial charge on any atom is 0.255 e. The smallest absolute Gasteiger partial charge is 0.255 e. The molecule has 7 nitrogen and oxygen atoms in total. The molecule has 7 heteroatoms. The maximum absolute atomic E-state index is 13.2. The van der Waals surface area contributed by atoms with Gasteiger partial charge in [-0.15, -0.1) is 0 Å². The van der Waals surface area contributed by atoms with E-state index in [1.165, 1.54) is 0 Å². The molecule has 2 atom stereocenters. The number of hydrogen-bond acceptors (Lipinski definition) is 4. The van der Waals surface area contributed by atoms with E-state index >= 15 is 0 Å². The summed E-state index contributed by atoms with van der Waals surface area (Å²) in [6.45, 7) is 4.26. The third kappa shape index (κ3) is 6.93. The topological polar surface area (TPSA) is 96.5 Å². The summed E-state index contributed by atoms with van der Waals surface area (Å²) >= 11 is 0. The van der Waals surface area contributed by atoms with Crippen molar-refractivity contribution in [2.75, 3.05) is 12.4 Å². The van der Waals surface area contributed by atoms with Gasteiger partial charge in [-0.05, 0) is 47.9 Å². The minimum Gasteiger partial charge on any atom is -0.497 e. The molecule has 3 aromatic carbocycles. The Balaban J connectivity index is 1.72. The highest BCUT2D eigenvalue weighted by atomic mass is 16.5. The first-order valence-electron chi connectivity index (χ1n) is 11.6. The summed E-state index contributed by atoms with van der Waals surface area (Å²) in [4.78, 5) is 38.9. The lowest BCUT2D eigenvalue weighted by Gasteiger charge is -2.24. The fourth-order valence-electron chi connectivity index (χ4n) is 3.54. The average molecular weight is 474 g/mol. The molecule has 0 heterocycles. The van der Waals surface area contributed by atoms with Crippen LogP contribution in [0, 0.1) is 5.92 Å². The Kier molecular flexibility index (Phi) is 9.01. The number of hydrogen-bond donors (Lipinski definition) is 3. The minimum absolute atomic E-state index is 0.0872. The Labute approximate surface area is 205 Å². The first-order valence-corrected chi connectivity index (χ1v) is 11.6. The first-order chi connectivity index (χ1) is 16.9. The molecule has 3 aromatic rings. The normalized spacial score (nSPS) is 12.2. The van der Waals surface area contributed by atoms with Gasteiger partial charge in [-0.2, -0.15) is 0 Å². The highest BCUT2D eigenvalue weighted by Gasteiger charge is 2.27. The zero-order valence-electron chi connectivity index (χ0n) is 20.2. The SMILES string of the molecule is CC[C@@H](C)[C@H](NC(=O)c1ccccc1NC(=O)c1ccc(OC)cc1)C(=O)NCc1ccccc1. The van der Waals surface area contributed by atoms with E-state index in [1.54, 1.807) is 55.6 Å². The second-order valence-corrected chi connectivity index (χ2v) is 8.27. The molecule has 0 bridgehead atoms. The van der Waals surface area contributed by atoms with Gasteiger partial charge >= 0.3 is 0 Å². The number of benzene rings is 3. The Morgan fingerprint density at radius 2 is 1.51 bits per heavy atom. The highest BCUT2D eigenvalue weighted by molar-refractivity contribution is 6.09. The van der Waals surface area contributed by atoms with Crippen LogP contribution >= 0.6 is 0 Å². The fraction of sp³-hybridized carbons (Fsp3) is 0.250. The molecule has 0 aromatic heterocycles. The molecule has 3 N–H and O–H groups in total. The third-order valence-electron chi connectivity index (χ3n) is 5.86. The number of anilines is 1. The number of nitrogens with one attached hydrogen (secondary N) is 3. The lowest BCUT2D eigenvalue weighted by Crippen LogP contribution is -2.50. The number of rotatable bonds is 10. The summed E-state index contributed by atoms with van der Waals surface area (Å²) in [5.74, 6) is -0.488. The summed E-state index contributed by atoms with van der Waals surface area (Å²) in [7, 11) is 1.55. The summed E-state index contributed by atoms with van der Waals surface area (Å²) in [5.41, 5.74) is 2.04. The number of para-hydroxylation sites is 1. The summed E-state index contributed by atoms with van der Waals surface area (Å²) in [5, 5.41) is 8.58. The Morgan fingerprint density at radius 3 is 2.17 bits per heavy atom. The molecular weight excluding hydrogens is 442 g/mol. The molecule has 35 heavy (non-hydrogen) atoms. The van der Waals surface area contributed by atoms with Crippen LogP contribution in [0.25, 0.3) is 0 Å². The van der Waals surface area contributed by atoms with Crippen molar-refractivity contribution in [1.29, 1.82) is 0 Å². The standard InChI is InChI=1S/C28H31N3O4/c1-4-19(2)25(28(34)29-18-20-10-6-5-7-11-20)31-27(33)23-12-8-9-13-24(23)30-26(32)21-14-16-22(35-3)17-15-21/h5-17,19,25H,4,18H2,1-3H3,(H,29,34)(H,30,32)(H,31,33)/t19-,25+/m1/s1. The molecule has 182 valence electrons. The number of carbonyl (C=O) groups is 3. The minimum atomic E-state index is -0.721.